The number of Topliss-reactive ketones (excluding diaryl/α,β-unsaturated/α-hetero) is 1. The zero-order chi connectivity index (χ0) is 10.8. The van der Waals surface area contributed by atoms with Crippen molar-refractivity contribution in [3.63, 3.8) is 0 Å². The largest absolute Gasteiger partial charge is 0.378 e. The molecule has 2 atom stereocenters. The number of ether oxygens (including phenoxy) is 2. The smallest absolute Gasteiger partial charge is 0.207 e. The van der Waals surface area contributed by atoms with Gasteiger partial charge in [0.2, 0.25) is 5.78 Å². The quantitative estimate of drug-likeness (QED) is 0.636. The van der Waals surface area contributed by atoms with Crippen molar-refractivity contribution < 1.29 is 14.3 Å². The van der Waals surface area contributed by atoms with Gasteiger partial charge in [-0.2, -0.15) is 0 Å². The summed E-state index contributed by atoms with van der Waals surface area (Å²) in [6.07, 6.45) is 1.62. The van der Waals surface area contributed by atoms with Crippen LogP contribution in [0.1, 0.15) is 13.8 Å². The number of carbonyl (C=O) groups is 1. The van der Waals surface area contributed by atoms with Crippen molar-refractivity contribution in [2.24, 2.45) is 0 Å². The van der Waals surface area contributed by atoms with Crippen molar-refractivity contribution in [3.8, 4) is 0 Å². The topological polar surface area (TPSA) is 38.8 Å². The number of hydrogen-bond acceptors (Lipinski definition) is 4. The molecule has 15 heavy (non-hydrogen) atoms. The van der Waals surface area contributed by atoms with Gasteiger partial charge in [-0.1, -0.05) is 0 Å². The molecule has 2 heterocycles. The Balaban J connectivity index is 2.14. The number of carbonyl (C=O) groups excluding carboxylic acids is 1. The van der Waals surface area contributed by atoms with Gasteiger partial charge < -0.3 is 14.4 Å². The van der Waals surface area contributed by atoms with Crippen LogP contribution >= 0.6 is 0 Å². The van der Waals surface area contributed by atoms with Crippen molar-refractivity contribution in [1.29, 1.82) is 0 Å². The van der Waals surface area contributed by atoms with E-state index in [0.29, 0.717) is 13.2 Å². The standard InChI is InChI=1S/C11H17NO3/c1-8-7-10(11(13)9(2)15-8)12-3-5-14-6-4-12/h7-9H,3-6H2,1-2H3. The Hall–Kier alpha value is -0.870. The van der Waals surface area contributed by atoms with Gasteiger partial charge in [-0.05, 0) is 19.9 Å². The SMILES string of the molecule is CC1C=C(N2CCOCC2)C(=O)C(C)O1. The van der Waals surface area contributed by atoms with Crippen molar-refractivity contribution in [3.05, 3.63) is 11.8 Å². The van der Waals surface area contributed by atoms with Gasteiger partial charge in [0.1, 0.15) is 6.10 Å². The summed E-state index contributed by atoms with van der Waals surface area (Å²) < 4.78 is 10.7. The van der Waals surface area contributed by atoms with E-state index < -0.39 is 0 Å². The molecule has 0 aromatic heterocycles. The Morgan fingerprint density at radius 3 is 2.67 bits per heavy atom. The molecule has 2 aliphatic heterocycles. The second kappa shape index (κ2) is 4.33. The van der Waals surface area contributed by atoms with Crippen LogP contribution in [-0.2, 0) is 14.3 Å². The van der Waals surface area contributed by atoms with Gasteiger partial charge in [0, 0.05) is 13.1 Å². The van der Waals surface area contributed by atoms with Gasteiger partial charge in [0.15, 0.2) is 0 Å². The molecule has 2 unspecified atom stereocenters. The molecule has 0 bridgehead atoms. The average molecular weight is 211 g/mol. The second-order valence-electron chi connectivity index (χ2n) is 4.00. The molecule has 0 aromatic carbocycles. The maximum Gasteiger partial charge on any atom is 0.207 e. The third kappa shape index (κ3) is 2.21. The van der Waals surface area contributed by atoms with Crippen LogP contribution in [0.15, 0.2) is 11.8 Å². The van der Waals surface area contributed by atoms with Crippen LogP contribution in [0.5, 0.6) is 0 Å². The zero-order valence-electron chi connectivity index (χ0n) is 9.23. The van der Waals surface area contributed by atoms with E-state index in [4.69, 9.17) is 9.47 Å². The van der Waals surface area contributed by atoms with E-state index in [0.717, 1.165) is 18.8 Å². The van der Waals surface area contributed by atoms with Crippen LogP contribution in [0.25, 0.3) is 0 Å². The minimum absolute atomic E-state index is 0.0237. The van der Waals surface area contributed by atoms with E-state index in [9.17, 15) is 4.79 Å². The lowest BCUT2D eigenvalue weighted by molar-refractivity contribution is -0.131. The molecule has 0 radical (unpaired) electrons. The molecule has 4 heteroatoms. The molecule has 2 aliphatic rings. The van der Waals surface area contributed by atoms with Crippen molar-refractivity contribution in [2.75, 3.05) is 26.3 Å². The maximum atomic E-state index is 11.9. The van der Waals surface area contributed by atoms with E-state index in [1.54, 1.807) is 0 Å². The fraction of sp³-hybridized carbons (Fsp3) is 0.727. The number of ketones is 1. The first-order valence-electron chi connectivity index (χ1n) is 5.42. The first-order chi connectivity index (χ1) is 7.18. The normalized spacial score (nSPS) is 32.8. The molecule has 0 aromatic rings. The number of morpholine rings is 1. The van der Waals surface area contributed by atoms with Crippen molar-refractivity contribution in [2.45, 2.75) is 26.1 Å². The van der Waals surface area contributed by atoms with Gasteiger partial charge in [-0.15, -0.1) is 0 Å². The Morgan fingerprint density at radius 1 is 1.33 bits per heavy atom. The van der Waals surface area contributed by atoms with E-state index in [1.807, 2.05) is 19.9 Å². The lowest BCUT2D eigenvalue weighted by Crippen LogP contribution is -2.43. The number of hydrogen-bond donors (Lipinski definition) is 0. The minimum atomic E-state index is -0.317. The average Bonchev–Trinajstić information content (AvgIpc) is 2.24. The van der Waals surface area contributed by atoms with Crippen LogP contribution in [0.4, 0.5) is 0 Å². The summed E-state index contributed by atoms with van der Waals surface area (Å²) in [6, 6.07) is 0. The molecule has 0 spiro atoms. The van der Waals surface area contributed by atoms with Gasteiger partial charge in [0.25, 0.3) is 0 Å². The third-order valence-electron chi connectivity index (χ3n) is 2.78. The first kappa shape index (κ1) is 10.6. The highest BCUT2D eigenvalue weighted by Gasteiger charge is 2.29. The number of rotatable bonds is 1. The molecule has 2 rings (SSSR count). The Morgan fingerprint density at radius 2 is 2.00 bits per heavy atom. The summed E-state index contributed by atoms with van der Waals surface area (Å²) in [7, 11) is 0. The molecular weight excluding hydrogens is 194 g/mol. The van der Waals surface area contributed by atoms with E-state index in [-0.39, 0.29) is 18.0 Å². The van der Waals surface area contributed by atoms with Gasteiger partial charge in [-0.3, -0.25) is 4.79 Å². The lowest BCUT2D eigenvalue weighted by Gasteiger charge is -2.34. The van der Waals surface area contributed by atoms with Gasteiger partial charge >= 0.3 is 0 Å². The predicted molar refractivity (Wildman–Crippen MR) is 55.5 cm³/mol. The zero-order valence-corrected chi connectivity index (χ0v) is 9.23. The number of nitrogens with zero attached hydrogens (tertiary/aromatic N) is 1. The molecule has 0 saturated carbocycles. The maximum absolute atomic E-state index is 11.9. The van der Waals surface area contributed by atoms with Crippen LogP contribution in [0.3, 0.4) is 0 Å². The first-order valence-corrected chi connectivity index (χ1v) is 5.42. The molecule has 0 aliphatic carbocycles. The summed E-state index contributed by atoms with van der Waals surface area (Å²) in [5.41, 5.74) is 0.810. The second-order valence-corrected chi connectivity index (χ2v) is 4.00. The fourth-order valence-electron chi connectivity index (χ4n) is 2.00. The summed E-state index contributed by atoms with van der Waals surface area (Å²) >= 11 is 0. The van der Waals surface area contributed by atoms with Crippen LogP contribution in [0.2, 0.25) is 0 Å². The molecule has 4 nitrogen and oxygen atoms in total. The van der Waals surface area contributed by atoms with E-state index in [2.05, 4.69) is 4.90 Å². The Kier molecular flexibility index (Phi) is 3.07. The molecule has 1 saturated heterocycles. The minimum Gasteiger partial charge on any atom is -0.378 e. The molecular formula is C11H17NO3. The highest BCUT2D eigenvalue weighted by Crippen LogP contribution is 2.19. The predicted octanol–water partition coefficient (Wildman–Crippen LogP) is 0.579. The van der Waals surface area contributed by atoms with Gasteiger partial charge in [-0.25, -0.2) is 0 Å². The van der Waals surface area contributed by atoms with Crippen molar-refractivity contribution in [1.82, 2.24) is 4.90 Å². The summed E-state index contributed by atoms with van der Waals surface area (Å²) in [5.74, 6) is 0.0926. The lowest BCUT2D eigenvalue weighted by atomic mass is 10.1. The van der Waals surface area contributed by atoms with Gasteiger partial charge in [0.05, 0.1) is 25.0 Å². The third-order valence-corrected chi connectivity index (χ3v) is 2.78. The highest BCUT2D eigenvalue weighted by atomic mass is 16.5. The highest BCUT2D eigenvalue weighted by molar-refractivity contribution is 5.98. The molecule has 84 valence electrons. The van der Waals surface area contributed by atoms with E-state index in [1.165, 1.54) is 0 Å². The van der Waals surface area contributed by atoms with Crippen LogP contribution in [-0.4, -0.2) is 49.2 Å². The summed E-state index contributed by atoms with van der Waals surface area (Å²) in [6.45, 7) is 6.78. The summed E-state index contributed by atoms with van der Waals surface area (Å²) in [4.78, 5) is 14.0. The van der Waals surface area contributed by atoms with Crippen LogP contribution < -0.4 is 0 Å². The molecule has 0 N–H and O–H groups in total. The Labute approximate surface area is 89.8 Å². The van der Waals surface area contributed by atoms with E-state index >= 15 is 0 Å². The van der Waals surface area contributed by atoms with Crippen LogP contribution in [0, 0.1) is 0 Å². The summed E-state index contributed by atoms with van der Waals surface area (Å²) in [5, 5.41) is 0. The molecule has 1 fully saturated rings. The van der Waals surface area contributed by atoms with Crippen molar-refractivity contribution >= 4 is 5.78 Å². The fourth-order valence-corrected chi connectivity index (χ4v) is 2.00. The Bertz CT molecular complexity index is 282. The molecule has 0 amide bonds. The monoisotopic (exact) mass is 211 g/mol.